The average molecular weight is 822 g/mol. The molecule has 0 spiro atoms. The van der Waals surface area contributed by atoms with E-state index in [-0.39, 0.29) is 5.91 Å². The van der Waals surface area contributed by atoms with Crippen molar-refractivity contribution in [2.75, 3.05) is 5.75 Å². The Morgan fingerprint density at radius 3 is 1.14 bits per heavy atom. The van der Waals surface area contributed by atoms with Gasteiger partial charge in [-0.05, 0) is 51.4 Å². The molecule has 2 unspecified atom stereocenters. The molecule has 0 aromatic heterocycles. The van der Waals surface area contributed by atoms with Crippen LogP contribution < -0.4 is 5.32 Å². The van der Waals surface area contributed by atoms with Crippen molar-refractivity contribution in [1.29, 1.82) is 0 Å². The summed E-state index contributed by atoms with van der Waals surface area (Å²) >= 11 is 0. The van der Waals surface area contributed by atoms with Gasteiger partial charge in [-0.25, -0.2) is 0 Å². The summed E-state index contributed by atoms with van der Waals surface area (Å²) < 4.78 is 32.7. The number of amides is 1. The second-order valence-corrected chi connectivity index (χ2v) is 18.6. The van der Waals surface area contributed by atoms with Gasteiger partial charge < -0.3 is 10.4 Å². The van der Waals surface area contributed by atoms with Gasteiger partial charge in [-0.1, -0.05) is 237 Å². The number of allylic oxidation sites excluding steroid dienone is 5. The minimum Gasteiger partial charge on any atom is -0.387 e. The van der Waals surface area contributed by atoms with Gasteiger partial charge in [0.25, 0.3) is 10.1 Å². The third-order valence-electron chi connectivity index (χ3n) is 11.3. The average Bonchev–Trinajstić information content (AvgIpc) is 3.18. The lowest BCUT2D eigenvalue weighted by atomic mass is 10.0. The highest BCUT2D eigenvalue weighted by Gasteiger charge is 2.24. The van der Waals surface area contributed by atoms with Gasteiger partial charge in [-0.15, -0.1) is 0 Å². The Bertz CT molecular complexity index is 1040. The number of carbonyl (C=O) groups is 1. The van der Waals surface area contributed by atoms with Crippen LogP contribution in [0, 0.1) is 0 Å². The fourth-order valence-corrected chi connectivity index (χ4v) is 8.33. The Kier molecular flexibility index (Phi) is 43.0. The first-order valence-electron chi connectivity index (χ1n) is 24.7. The third-order valence-corrected chi connectivity index (χ3v) is 12.1. The van der Waals surface area contributed by atoms with E-state index in [4.69, 9.17) is 0 Å². The van der Waals surface area contributed by atoms with E-state index in [1.54, 1.807) is 6.08 Å². The van der Waals surface area contributed by atoms with E-state index in [0.717, 1.165) is 44.9 Å². The van der Waals surface area contributed by atoms with Gasteiger partial charge >= 0.3 is 0 Å². The number of nitrogens with one attached hydrogen (secondary N) is 1. The Hall–Kier alpha value is -1.44. The van der Waals surface area contributed by atoms with Crippen LogP contribution in [0.3, 0.4) is 0 Å². The van der Waals surface area contributed by atoms with E-state index in [2.05, 4.69) is 43.5 Å². The first kappa shape index (κ1) is 55.6. The summed E-state index contributed by atoms with van der Waals surface area (Å²) in [4.78, 5) is 12.6. The zero-order valence-corrected chi connectivity index (χ0v) is 38.5. The molecule has 0 aliphatic carbocycles. The maximum atomic E-state index is 12.6. The lowest BCUT2D eigenvalue weighted by Crippen LogP contribution is -2.46. The topological polar surface area (TPSA) is 104 Å². The standard InChI is InChI=1S/C50H95NO5S/c1-3-5-7-9-11-13-15-17-19-21-23-24-25-26-28-30-32-34-36-38-40-42-44-46-50(53)51-48(47-57(54,55)56)49(52)45-43-41-39-37-35-33-31-29-27-22-20-18-16-14-12-10-8-6-4-2/h15,17,21,23,43,45,48-49,52H,3-14,16,18-20,22,24-42,44,46-47H2,1-2H3,(H,51,53)(H,54,55,56)/b17-15-,23-21-,45-43+. The quantitative estimate of drug-likeness (QED) is 0.0322. The highest BCUT2D eigenvalue weighted by atomic mass is 32.2. The van der Waals surface area contributed by atoms with Crippen molar-refractivity contribution in [3.63, 3.8) is 0 Å². The minimum atomic E-state index is -4.35. The van der Waals surface area contributed by atoms with Gasteiger partial charge in [0.1, 0.15) is 0 Å². The molecule has 6 nitrogen and oxygen atoms in total. The van der Waals surface area contributed by atoms with Crippen molar-refractivity contribution in [3.8, 4) is 0 Å². The number of rotatable bonds is 45. The van der Waals surface area contributed by atoms with Gasteiger partial charge in [0.05, 0.1) is 17.9 Å². The molecule has 0 aliphatic rings. The molecule has 0 bridgehead atoms. The SMILES string of the molecule is CCCCCCC/C=C\C/C=C\CCCCCCCCCCCCCC(=O)NC(CS(=O)(=O)O)C(O)/C=C/CCCCCCCCCCCCCCCCCCC. The Morgan fingerprint density at radius 1 is 0.474 bits per heavy atom. The smallest absolute Gasteiger partial charge is 0.267 e. The normalized spacial score (nSPS) is 13.4. The van der Waals surface area contributed by atoms with Crippen LogP contribution in [-0.4, -0.2) is 41.9 Å². The molecule has 7 heteroatoms. The minimum absolute atomic E-state index is 0.278. The molecule has 2 atom stereocenters. The number of aliphatic hydroxyl groups is 1. The van der Waals surface area contributed by atoms with E-state index in [1.165, 1.54) is 193 Å². The monoisotopic (exact) mass is 822 g/mol. The first-order chi connectivity index (χ1) is 27.8. The molecule has 1 amide bonds. The number of carbonyl (C=O) groups excluding carboxylic acids is 1. The molecule has 0 saturated heterocycles. The van der Waals surface area contributed by atoms with Crippen LogP contribution in [0.1, 0.15) is 258 Å². The predicted octanol–water partition coefficient (Wildman–Crippen LogP) is 15.3. The fraction of sp³-hybridized carbons (Fsp3) is 0.860. The van der Waals surface area contributed by atoms with E-state index in [0.29, 0.717) is 6.42 Å². The molecule has 0 aromatic carbocycles. The second-order valence-electron chi connectivity index (χ2n) is 17.1. The number of hydrogen-bond acceptors (Lipinski definition) is 4. The van der Waals surface area contributed by atoms with E-state index < -0.39 is 28.0 Å². The van der Waals surface area contributed by atoms with Crippen molar-refractivity contribution in [2.24, 2.45) is 0 Å². The third kappa shape index (κ3) is 45.5. The summed E-state index contributed by atoms with van der Waals surface area (Å²) in [6, 6.07) is -1.06. The van der Waals surface area contributed by atoms with Crippen molar-refractivity contribution in [3.05, 3.63) is 36.5 Å². The van der Waals surface area contributed by atoms with Gasteiger partial charge in [-0.2, -0.15) is 8.42 Å². The molecule has 0 saturated carbocycles. The van der Waals surface area contributed by atoms with Gasteiger partial charge in [0.15, 0.2) is 0 Å². The van der Waals surface area contributed by atoms with Crippen LogP contribution >= 0.6 is 0 Å². The first-order valence-corrected chi connectivity index (χ1v) is 26.3. The van der Waals surface area contributed by atoms with Gasteiger partial charge in [-0.3, -0.25) is 9.35 Å². The summed E-state index contributed by atoms with van der Waals surface area (Å²) in [5, 5.41) is 13.3. The second kappa shape index (κ2) is 44.1. The molecule has 0 aromatic rings. The molecule has 0 fully saturated rings. The summed E-state index contributed by atoms with van der Waals surface area (Å²) in [7, 11) is -4.35. The van der Waals surface area contributed by atoms with Crippen molar-refractivity contribution in [2.45, 2.75) is 270 Å². The highest BCUT2D eigenvalue weighted by Crippen LogP contribution is 2.16. The molecular formula is C50H95NO5S. The van der Waals surface area contributed by atoms with E-state index >= 15 is 0 Å². The summed E-state index contributed by atoms with van der Waals surface area (Å²) in [5.41, 5.74) is 0. The molecule has 0 aliphatic heterocycles. The summed E-state index contributed by atoms with van der Waals surface area (Å²) in [6.45, 7) is 4.54. The zero-order chi connectivity index (χ0) is 41.8. The van der Waals surface area contributed by atoms with E-state index in [1.807, 2.05) is 6.08 Å². The molecule has 57 heavy (non-hydrogen) atoms. The Labute approximate surface area is 355 Å². The fourth-order valence-electron chi connectivity index (χ4n) is 7.60. The maximum Gasteiger partial charge on any atom is 0.267 e. The van der Waals surface area contributed by atoms with Crippen LogP contribution in [0.15, 0.2) is 36.5 Å². The largest absolute Gasteiger partial charge is 0.387 e. The van der Waals surface area contributed by atoms with Crippen molar-refractivity contribution < 1.29 is 22.9 Å². The Balaban J connectivity index is 3.81. The van der Waals surface area contributed by atoms with Crippen LogP contribution in [0.2, 0.25) is 0 Å². The van der Waals surface area contributed by atoms with Crippen molar-refractivity contribution >= 4 is 16.0 Å². The Morgan fingerprint density at radius 2 is 0.789 bits per heavy atom. The lowest BCUT2D eigenvalue weighted by molar-refractivity contribution is -0.122. The van der Waals surface area contributed by atoms with Gasteiger partial charge in [0.2, 0.25) is 5.91 Å². The maximum absolute atomic E-state index is 12.6. The molecule has 0 radical (unpaired) electrons. The molecule has 0 rings (SSSR count). The molecular weight excluding hydrogens is 727 g/mol. The van der Waals surface area contributed by atoms with Gasteiger partial charge in [0, 0.05) is 6.42 Å². The van der Waals surface area contributed by atoms with Crippen LogP contribution in [-0.2, 0) is 14.9 Å². The van der Waals surface area contributed by atoms with E-state index in [9.17, 15) is 22.9 Å². The van der Waals surface area contributed by atoms with Crippen LogP contribution in [0.5, 0.6) is 0 Å². The molecule has 0 heterocycles. The van der Waals surface area contributed by atoms with Crippen LogP contribution in [0.4, 0.5) is 0 Å². The zero-order valence-electron chi connectivity index (χ0n) is 37.7. The lowest BCUT2D eigenvalue weighted by Gasteiger charge is -2.21. The number of hydrogen-bond donors (Lipinski definition) is 3. The summed E-state index contributed by atoms with van der Waals surface area (Å²) in [5.74, 6) is -0.974. The molecule has 336 valence electrons. The van der Waals surface area contributed by atoms with Crippen molar-refractivity contribution in [1.82, 2.24) is 5.32 Å². The highest BCUT2D eigenvalue weighted by molar-refractivity contribution is 7.85. The predicted molar refractivity (Wildman–Crippen MR) is 249 cm³/mol. The molecule has 3 N–H and O–H groups in total. The van der Waals surface area contributed by atoms with Crippen LogP contribution in [0.25, 0.3) is 0 Å². The number of aliphatic hydroxyl groups excluding tert-OH is 1. The summed E-state index contributed by atoms with van der Waals surface area (Å²) in [6.07, 6.45) is 58.6. The number of unbranched alkanes of at least 4 members (excludes halogenated alkanes) is 33.